The average Bonchev–Trinajstić information content (AvgIpc) is 2.66. The van der Waals surface area contributed by atoms with Gasteiger partial charge in [0.15, 0.2) is 11.5 Å². The summed E-state index contributed by atoms with van der Waals surface area (Å²) >= 11 is 0. The van der Waals surface area contributed by atoms with Gasteiger partial charge in [-0.25, -0.2) is 4.79 Å². The van der Waals surface area contributed by atoms with Crippen LogP contribution in [0.3, 0.4) is 0 Å². The van der Waals surface area contributed by atoms with E-state index in [0.717, 1.165) is 0 Å². The molecule has 0 saturated heterocycles. The number of carbonyl (C=O) groups excluding carboxylic acids is 2. The summed E-state index contributed by atoms with van der Waals surface area (Å²) in [5.41, 5.74) is 0.968. The van der Waals surface area contributed by atoms with Gasteiger partial charge in [-0.2, -0.15) is 0 Å². The first-order chi connectivity index (χ1) is 12.6. The summed E-state index contributed by atoms with van der Waals surface area (Å²) in [5, 5.41) is 2.77. The van der Waals surface area contributed by atoms with E-state index < -0.39 is 5.97 Å². The van der Waals surface area contributed by atoms with Gasteiger partial charge in [0.2, 0.25) is 5.91 Å². The standard InChI is InChI=1S/C20H23NO5/c1-3-25-20(23)15-8-6-9-16(14-15)21-19(22)12-7-13-26-18-11-5-4-10-17(18)24-2/h4-6,8-11,14H,3,7,12-13H2,1-2H3,(H,21,22). The molecule has 0 spiro atoms. The molecule has 1 N–H and O–H groups in total. The highest BCUT2D eigenvalue weighted by Gasteiger charge is 2.09. The lowest BCUT2D eigenvalue weighted by atomic mass is 10.2. The molecule has 138 valence electrons. The number of rotatable bonds is 9. The minimum absolute atomic E-state index is 0.144. The highest BCUT2D eigenvalue weighted by molar-refractivity contribution is 5.94. The number of benzene rings is 2. The number of nitrogens with one attached hydrogen (secondary N) is 1. The Balaban J connectivity index is 1.78. The van der Waals surface area contributed by atoms with Gasteiger partial charge in [0.25, 0.3) is 0 Å². The Hall–Kier alpha value is -3.02. The van der Waals surface area contributed by atoms with Gasteiger partial charge in [-0.05, 0) is 43.7 Å². The Kier molecular flexibility index (Phi) is 7.49. The summed E-state index contributed by atoms with van der Waals surface area (Å²) < 4.78 is 15.8. The molecule has 1 amide bonds. The number of methoxy groups -OCH3 is 1. The predicted molar refractivity (Wildman–Crippen MR) is 98.8 cm³/mol. The van der Waals surface area contributed by atoms with E-state index in [0.29, 0.717) is 48.8 Å². The van der Waals surface area contributed by atoms with Crippen LogP contribution in [0.25, 0.3) is 0 Å². The van der Waals surface area contributed by atoms with Crippen LogP contribution >= 0.6 is 0 Å². The van der Waals surface area contributed by atoms with Crippen molar-refractivity contribution in [3.05, 3.63) is 54.1 Å². The molecular weight excluding hydrogens is 334 g/mol. The maximum absolute atomic E-state index is 12.0. The number of amides is 1. The lowest BCUT2D eigenvalue weighted by Gasteiger charge is -2.10. The van der Waals surface area contributed by atoms with Crippen LogP contribution in [0.15, 0.2) is 48.5 Å². The molecule has 2 rings (SSSR count). The number of hydrogen-bond donors (Lipinski definition) is 1. The van der Waals surface area contributed by atoms with Crippen molar-refractivity contribution in [3.63, 3.8) is 0 Å². The summed E-state index contributed by atoms with van der Waals surface area (Å²) in [5.74, 6) is 0.758. The third-order valence-corrected chi connectivity index (χ3v) is 3.53. The van der Waals surface area contributed by atoms with Crippen molar-refractivity contribution >= 4 is 17.6 Å². The number of carbonyl (C=O) groups is 2. The van der Waals surface area contributed by atoms with Gasteiger partial charge in [0, 0.05) is 12.1 Å². The zero-order valence-corrected chi connectivity index (χ0v) is 15.0. The molecule has 0 atom stereocenters. The largest absolute Gasteiger partial charge is 0.493 e. The second-order valence-corrected chi connectivity index (χ2v) is 5.45. The Morgan fingerprint density at radius 2 is 1.81 bits per heavy atom. The zero-order valence-electron chi connectivity index (χ0n) is 15.0. The monoisotopic (exact) mass is 357 g/mol. The molecule has 6 nitrogen and oxygen atoms in total. The fraction of sp³-hybridized carbons (Fsp3) is 0.300. The fourth-order valence-corrected chi connectivity index (χ4v) is 2.31. The molecule has 0 aliphatic carbocycles. The molecule has 6 heteroatoms. The van der Waals surface area contributed by atoms with E-state index in [1.54, 1.807) is 38.3 Å². The molecule has 0 aliphatic rings. The van der Waals surface area contributed by atoms with Crippen LogP contribution in [-0.4, -0.2) is 32.2 Å². The van der Waals surface area contributed by atoms with E-state index in [9.17, 15) is 9.59 Å². The van der Waals surface area contributed by atoms with Crippen LogP contribution in [0.2, 0.25) is 0 Å². The lowest BCUT2D eigenvalue weighted by molar-refractivity contribution is -0.116. The van der Waals surface area contributed by atoms with Crippen molar-refractivity contribution < 1.29 is 23.8 Å². The maximum Gasteiger partial charge on any atom is 0.338 e. The molecular formula is C20H23NO5. The summed E-state index contributed by atoms with van der Waals surface area (Å²) in [6.45, 7) is 2.45. The molecule has 2 aromatic rings. The third kappa shape index (κ3) is 5.81. The van der Waals surface area contributed by atoms with Gasteiger partial charge in [0.05, 0.1) is 25.9 Å². The van der Waals surface area contributed by atoms with Crippen molar-refractivity contribution in [2.24, 2.45) is 0 Å². The van der Waals surface area contributed by atoms with Crippen LogP contribution in [0, 0.1) is 0 Å². The first-order valence-corrected chi connectivity index (χ1v) is 8.47. The fourth-order valence-electron chi connectivity index (χ4n) is 2.31. The third-order valence-electron chi connectivity index (χ3n) is 3.53. The normalized spacial score (nSPS) is 10.1. The smallest absolute Gasteiger partial charge is 0.338 e. The summed E-state index contributed by atoms with van der Waals surface area (Å²) in [6.07, 6.45) is 0.861. The van der Waals surface area contributed by atoms with Crippen LogP contribution < -0.4 is 14.8 Å². The van der Waals surface area contributed by atoms with E-state index >= 15 is 0 Å². The van der Waals surface area contributed by atoms with Gasteiger partial charge >= 0.3 is 5.97 Å². The number of hydrogen-bond acceptors (Lipinski definition) is 5. The summed E-state index contributed by atoms with van der Waals surface area (Å²) in [6, 6.07) is 14.0. The van der Waals surface area contributed by atoms with Crippen molar-refractivity contribution in [2.45, 2.75) is 19.8 Å². The van der Waals surface area contributed by atoms with E-state index in [2.05, 4.69) is 5.32 Å². The number of anilines is 1. The first kappa shape index (κ1) is 19.3. The lowest BCUT2D eigenvalue weighted by Crippen LogP contribution is -2.13. The zero-order chi connectivity index (χ0) is 18.8. The number of para-hydroxylation sites is 2. The van der Waals surface area contributed by atoms with Crippen molar-refractivity contribution in [1.29, 1.82) is 0 Å². The second kappa shape index (κ2) is 10.1. The topological polar surface area (TPSA) is 73.9 Å². The molecule has 26 heavy (non-hydrogen) atoms. The molecule has 0 aliphatic heterocycles. The SMILES string of the molecule is CCOC(=O)c1cccc(NC(=O)CCCOc2ccccc2OC)c1. The number of esters is 1. The van der Waals surface area contributed by atoms with E-state index in [4.69, 9.17) is 14.2 Å². The van der Waals surface area contributed by atoms with Gasteiger partial charge in [-0.3, -0.25) is 4.79 Å². The molecule has 0 fully saturated rings. The van der Waals surface area contributed by atoms with Crippen molar-refractivity contribution in [3.8, 4) is 11.5 Å². The average molecular weight is 357 g/mol. The van der Waals surface area contributed by atoms with Crippen LogP contribution in [0.5, 0.6) is 11.5 Å². The Morgan fingerprint density at radius 3 is 2.54 bits per heavy atom. The van der Waals surface area contributed by atoms with Gasteiger partial charge in [0.1, 0.15) is 0 Å². The molecule has 0 saturated carbocycles. The Morgan fingerprint density at radius 1 is 1.04 bits per heavy atom. The van der Waals surface area contributed by atoms with Gasteiger partial charge in [-0.15, -0.1) is 0 Å². The van der Waals surface area contributed by atoms with E-state index in [-0.39, 0.29) is 5.91 Å². The minimum atomic E-state index is -0.409. The van der Waals surface area contributed by atoms with E-state index in [1.165, 1.54) is 0 Å². The quantitative estimate of drug-likeness (QED) is 0.547. The highest BCUT2D eigenvalue weighted by Crippen LogP contribution is 2.25. The summed E-state index contributed by atoms with van der Waals surface area (Å²) in [7, 11) is 1.58. The van der Waals surface area contributed by atoms with Crippen molar-refractivity contribution in [2.75, 3.05) is 25.6 Å². The van der Waals surface area contributed by atoms with Crippen LogP contribution in [0.1, 0.15) is 30.1 Å². The van der Waals surface area contributed by atoms with E-state index in [1.807, 2.05) is 24.3 Å². The molecule has 0 unspecified atom stereocenters. The maximum atomic E-state index is 12.0. The molecule has 0 heterocycles. The van der Waals surface area contributed by atoms with Crippen molar-refractivity contribution in [1.82, 2.24) is 0 Å². The number of ether oxygens (including phenoxy) is 3. The molecule has 0 radical (unpaired) electrons. The molecule has 0 aromatic heterocycles. The minimum Gasteiger partial charge on any atom is -0.493 e. The molecule has 0 bridgehead atoms. The highest BCUT2D eigenvalue weighted by atomic mass is 16.5. The second-order valence-electron chi connectivity index (χ2n) is 5.45. The first-order valence-electron chi connectivity index (χ1n) is 8.47. The van der Waals surface area contributed by atoms with Crippen LogP contribution in [0.4, 0.5) is 5.69 Å². The van der Waals surface area contributed by atoms with Gasteiger partial charge < -0.3 is 19.5 Å². The summed E-state index contributed by atoms with van der Waals surface area (Å²) in [4.78, 5) is 23.8. The predicted octanol–water partition coefficient (Wildman–Crippen LogP) is 3.67. The Bertz CT molecular complexity index is 744. The molecule has 2 aromatic carbocycles. The van der Waals surface area contributed by atoms with Crippen LogP contribution in [-0.2, 0) is 9.53 Å². The Labute approximate surface area is 153 Å². The van der Waals surface area contributed by atoms with Gasteiger partial charge in [-0.1, -0.05) is 18.2 Å².